The zero-order chi connectivity index (χ0) is 19.2. The van der Waals surface area contributed by atoms with Crippen molar-refractivity contribution in [3.63, 3.8) is 0 Å². The van der Waals surface area contributed by atoms with Gasteiger partial charge in [-0.15, -0.1) is 11.3 Å². The quantitative estimate of drug-likeness (QED) is 0.581. The van der Waals surface area contributed by atoms with Crippen LogP contribution >= 0.6 is 22.9 Å². The number of benzene rings is 1. The van der Waals surface area contributed by atoms with Gasteiger partial charge in [0.25, 0.3) is 0 Å². The second-order valence-electron chi connectivity index (χ2n) is 6.04. The number of rotatable bonds is 3. The highest BCUT2D eigenvalue weighted by atomic mass is 35.5. The number of aromatic nitrogens is 1. The highest BCUT2D eigenvalue weighted by Gasteiger charge is 2.32. The number of halogens is 3. The summed E-state index contributed by atoms with van der Waals surface area (Å²) in [5.74, 6) is -2.57. The topological polar surface area (TPSA) is 96.4 Å². The summed E-state index contributed by atoms with van der Waals surface area (Å²) in [6.07, 6.45) is -1.42. The molecule has 6 nitrogen and oxygen atoms in total. The van der Waals surface area contributed by atoms with Gasteiger partial charge in [-0.1, -0.05) is 32.4 Å². The largest absolute Gasteiger partial charge is 0.465 e. The van der Waals surface area contributed by atoms with Gasteiger partial charge in [-0.2, -0.15) is 0 Å². The summed E-state index contributed by atoms with van der Waals surface area (Å²) < 4.78 is 52.0. The average Bonchev–Trinajstić information content (AvgIpc) is 2.86. The third-order valence-corrected chi connectivity index (χ3v) is 6.92. The van der Waals surface area contributed by atoms with Crippen molar-refractivity contribution < 1.29 is 27.1 Å². The Balaban J connectivity index is 2.67. The fraction of sp³-hybridized carbons (Fsp3) is 0.286. The lowest BCUT2D eigenvalue weighted by Gasteiger charge is -2.17. The first-order valence-corrected chi connectivity index (χ1v) is 9.42. The van der Waals surface area contributed by atoms with Crippen LogP contribution in [0.25, 0.3) is 0 Å². The lowest BCUT2D eigenvalue weighted by molar-refractivity contribution is 0.209. The molecule has 0 spiro atoms. The summed E-state index contributed by atoms with van der Waals surface area (Å²) >= 11 is 6.24. The van der Waals surface area contributed by atoms with E-state index in [9.17, 15) is 22.0 Å². The second kappa shape index (κ2) is 6.50. The van der Waals surface area contributed by atoms with Crippen molar-refractivity contribution in [2.75, 3.05) is 5.32 Å². The molecule has 0 aliphatic heterocycles. The fourth-order valence-corrected chi connectivity index (χ4v) is 4.90. The van der Waals surface area contributed by atoms with E-state index in [4.69, 9.17) is 16.7 Å². The van der Waals surface area contributed by atoms with Gasteiger partial charge in [-0.25, -0.2) is 27.0 Å². The molecule has 25 heavy (non-hydrogen) atoms. The van der Waals surface area contributed by atoms with E-state index in [1.165, 1.54) is 0 Å². The number of hydrogen-bond donors (Lipinski definition) is 2. The van der Waals surface area contributed by atoms with Crippen LogP contribution in [0.1, 0.15) is 25.6 Å². The van der Waals surface area contributed by atoms with E-state index in [1.54, 1.807) is 20.8 Å². The van der Waals surface area contributed by atoms with Crippen molar-refractivity contribution in [1.82, 2.24) is 4.98 Å². The molecule has 0 bridgehead atoms. The van der Waals surface area contributed by atoms with Gasteiger partial charge in [0.15, 0.2) is 5.82 Å². The van der Waals surface area contributed by atoms with Gasteiger partial charge in [0, 0.05) is 11.5 Å². The maximum absolute atomic E-state index is 14.0. The van der Waals surface area contributed by atoms with E-state index in [1.807, 2.05) is 5.32 Å². The Morgan fingerprint density at radius 2 is 1.88 bits per heavy atom. The molecule has 1 heterocycles. The molecular formula is C14H13ClF2N2O4S2. The minimum atomic E-state index is -4.46. The summed E-state index contributed by atoms with van der Waals surface area (Å²) in [6, 6.07) is 1.02. The first-order chi connectivity index (χ1) is 11.3. The van der Waals surface area contributed by atoms with Crippen molar-refractivity contribution in [2.24, 2.45) is 0 Å². The van der Waals surface area contributed by atoms with Gasteiger partial charge in [0.2, 0.25) is 14.2 Å². The van der Waals surface area contributed by atoms with Crippen LogP contribution in [0.15, 0.2) is 21.4 Å². The Hall–Kier alpha value is -1.78. The van der Waals surface area contributed by atoms with E-state index in [-0.39, 0.29) is 5.82 Å². The summed E-state index contributed by atoms with van der Waals surface area (Å²) in [5.41, 5.74) is -0.623. The standard InChI is InChI=1S/C14H13ClF2N2O4S2/c1-14(2,3)10-11(18-12(20)21)19-13(24-10)25(22,23)9-4-6(15)7(16)5-8(9)17/h4-5,18H,1-3H3,(H,20,21). The molecule has 0 atom stereocenters. The average molecular weight is 411 g/mol. The number of carbonyl (C=O) groups is 1. The smallest absolute Gasteiger partial charge is 0.410 e. The summed E-state index contributed by atoms with van der Waals surface area (Å²) in [5, 5.41) is 10.4. The van der Waals surface area contributed by atoms with Crippen LogP contribution in [0.3, 0.4) is 0 Å². The molecule has 0 saturated carbocycles. The zero-order valence-electron chi connectivity index (χ0n) is 13.2. The molecule has 0 saturated heterocycles. The first kappa shape index (κ1) is 19.5. The molecule has 136 valence electrons. The third-order valence-electron chi connectivity index (χ3n) is 3.01. The number of thiazole rings is 1. The van der Waals surface area contributed by atoms with Gasteiger partial charge in [-0.05, 0) is 6.07 Å². The van der Waals surface area contributed by atoms with Crippen LogP contribution in [0.2, 0.25) is 5.02 Å². The number of anilines is 1. The number of amides is 1. The number of carboxylic acid groups (broad SMARTS) is 1. The van der Waals surface area contributed by atoms with E-state index in [0.717, 1.165) is 0 Å². The van der Waals surface area contributed by atoms with Crippen LogP contribution in [-0.4, -0.2) is 24.6 Å². The van der Waals surface area contributed by atoms with Crippen molar-refractivity contribution in [3.8, 4) is 0 Å². The van der Waals surface area contributed by atoms with Crippen LogP contribution in [-0.2, 0) is 15.3 Å². The Morgan fingerprint density at radius 1 is 1.28 bits per heavy atom. The molecule has 1 amide bonds. The third kappa shape index (κ3) is 3.91. The molecule has 0 aliphatic carbocycles. The van der Waals surface area contributed by atoms with Crippen molar-refractivity contribution in [1.29, 1.82) is 0 Å². The van der Waals surface area contributed by atoms with Crippen LogP contribution in [0.4, 0.5) is 19.4 Å². The summed E-state index contributed by atoms with van der Waals surface area (Å²) in [4.78, 5) is 14.2. The van der Waals surface area contributed by atoms with Crippen molar-refractivity contribution in [2.45, 2.75) is 35.4 Å². The molecule has 1 aromatic heterocycles. The van der Waals surface area contributed by atoms with Gasteiger partial charge < -0.3 is 5.11 Å². The van der Waals surface area contributed by atoms with E-state index < -0.39 is 47.2 Å². The molecule has 0 radical (unpaired) electrons. The first-order valence-electron chi connectivity index (χ1n) is 6.75. The molecule has 2 rings (SSSR count). The molecule has 0 unspecified atom stereocenters. The van der Waals surface area contributed by atoms with E-state index >= 15 is 0 Å². The van der Waals surface area contributed by atoms with E-state index in [0.29, 0.717) is 28.3 Å². The Kier molecular flexibility index (Phi) is 5.08. The maximum atomic E-state index is 14.0. The molecule has 2 N–H and O–H groups in total. The molecule has 2 aromatic rings. The zero-order valence-corrected chi connectivity index (χ0v) is 15.6. The Morgan fingerprint density at radius 3 is 2.40 bits per heavy atom. The highest BCUT2D eigenvalue weighted by molar-refractivity contribution is 7.93. The Bertz CT molecular complexity index is 952. The van der Waals surface area contributed by atoms with Gasteiger partial charge >= 0.3 is 6.09 Å². The maximum Gasteiger partial charge on any atom is 0.410 e. The molecule has 0 fully saturated rings. The SMILES string of the molecule is CC(C)(C)c1sc(S(=O)(=O)c2cc(Cl)c(F)cc2F)nc1NC(=O)O. The predicted molar refractivity (Wildman–Crippen MR) is 89.3 cm³/mol. The number of nitrogens with one attached hydrogen (secondary N) is 1. The highest BCUT2D eigenvalue weighted by Crippen LogP contribution is 2.39. The normalized spacial score (nSPS) is 12.2. The fourth-order valence-electron chi connectivity index (χ4n) is 1.91. The lowest BCUT2D eigenvalue weighted by Crippen LogP contribution is -2.15. The number of hydrogen-bond acceptors (Lipinski definition) is 5. The molecule has 11 heteroatoms. The van der Waals surface area contributed by atoms with Gasteiger partial charge in [0.1, 0.15) is 16.5 Å². The van der Waals surface area contributed by atoms with E-state index in [2.05, 4.69) is 4.98 Å². The molecule has 0 aliphatic rings. The van der Waals surface area contributed by atoms with Gasteiger partial charge in [-0.3, -0.25) is 5.32 Å². The van der Waals surface area contributed by atoms with Crippen molar-refractivity contribution >= 4 is 44.7 Å². The number of sulfone groups is 1. The predicted octanol–water partition coefficient (Wildman–Crippen LogP) is 4.29. The van der Waals surface area contributed by atoms with Crippen LogP contribution < -0.4 is 5.32 Å². The van der Waals surface area contributed by atoms with Crippen molar-refractivity contribution in [3.05, 3.63) is 33.7 Å². The second-order valence-corrected chi connectivity index (χ2v) is 9.54. The molecular weight excluding hydrogens is 398 g/mol. The minimum absolute atomic E-state index is 0.155. The van der Waals surface area contributed by atoms with Crippen LogP contribution in [0, 0.1) is 11.6 Å². The minimum Gasteiger partial charge on any atom is -0.465 e. The molecule has 1 aromatic carbocycles. The van der Waals surface area contributed by atoms with Gasteiger partial charge in [0.05, 0.1) is 9.90 Å². The monoisotopic (exact) mass is 410 g/mol. The Labute approximate surface area is 151 Å². The lowest BCUT2D eigenvalue weighted by atomic mass is 9.95. The summed E-state index contributed by atoms with van der Waals surface area (Å²) in [7, 11) is -4.46. The van der Waals surface area contributed by atoms with Crippen LogP contribution in [0.5, 0.6) is 0 Å². The number of nitrogens with zero attached hydrogens (tertiary/aromatic N) is 1. The summed E-state index contributed by atoms with van der Waals surface area (Å²) in [6.45, 7) is 5.21.